The Hall–Kier alpha value is -0.610. The first kappa shape index (κ1) is 18.2. The Labute approximate surface area is 81.9 Å². The van der Waals surface area contributed by atoms with Gasteiger partial charge in [-0.15, -0.1) is 0 Å². The Morgan fingerprint density at radius 2 is 1.77 bits per heavy atom. The molecule has 0 aliphatic rings. The lowest BCUT2D eigenvalue weighted by Gasteiger charge is -2.11. The van der Waals surface area contributed by atoms with Crippen LogP contribution in [0.5, 0.6) is 0 Å². The van der Waals surface area contributed by atoms with E-state index in [1.807, 2.05) is 27.9 Å². The number of hydrogen-bond acceptors (Lipinski definition) is 3. The summed E-state index contributed by atoms with van der Waals surface area (Å²) in [5, 5.41) is 11.4. The highest BCUT2D eigenvalue weighted by atomic mass is 16.3. The van der Waals surface area contributed by atoms with Gasteiger partial charge in [-0.3, -0.25) is 4.79 Å². The number of rotatable bonds is 3. The summed E-state index contributed by atoms with van der Waals surface area (Å²) >= 11 is 0. The molecule has 0 saturated carbocycles. The van der Waals surface area contributed by atoms with Crippen LogP contribution in [-0.4, -0.2) is 50.2 Å². The third-order valence-corrected chi connectivity index (χ3v) is 0.732. The lowest BCUT2D eigenvalue weighted by molar-refractivity contribution is -0.118. The van der Waals surface area contributed by atoms with Crippen LogP contribution in [0.4, 0.5) is 0 Å². The van der Waals surface area contributed by atoms with E-state index >= 15 is 0 Å². The molecule has 82 valence electrons. The first-order chi connectivity index (χ1) is 6.08. The fraction of sp³-hybridized carbons (Fsp3) is 0.889. The lowest BCUT2D eigenvalue weighted by Crippen LogP contribution is -2.25. The van der Waals surface area contributed by atoms with Crippen molar-refractivity contribution in [3.05, 3.63) is 0 Å². The molecule has 0 heterocycles. The van der Waals surface area contributed by atoms with Crippen molar-refractivity contribution in [3.8, 4) is 0 Å². The first-order valence-electron chi connectivity index (χ1n) is 4.50. The van der Waals surface area contributed by atoms with Gasteiger partial charge in [-0.2, -0.15) is 0 Å². The number of aliphatic hydroxyl groups is 1. The van der Waals surface area contributed by atoms with Gasteiger partial charge in [0.25, 0.3) is 0 Å². The zero-order chi connectivity index (χ0) is 11.3. The second kappa shape index (κ2) is 17.5. The average Bonchev–Trinajstić information content (AvgIpc) is 2.08. The van der Waals surface area contributed by atoms with Crippen molar-refractivity contribution in [1.82, 2.24) is 10.2 Å². The molecule has 0 spiro atoms. The van der Waals surface area contributed by atoms with Crippen LogP contribution in [0.3, 0.4) is 0 Å². The molecular formula is C9H24N2O2. The maximum atomic E-state index is 9.86. The van der Waals surface area contributed by atoms with Crippen molar-refractivity contribution in [2.24, 2.45) is 0 Å². The Bertz CT molecular complexity index is 87.7. The molecule has 0 radical (unpaired) electrons. The van der Waals surface area contributed by atoms with Gasteiger partial charge in [0.15, 0.2) is 0 Å². The number of aliphatic hydroxyl groups excluding tert-OH is 1. The number of amides is 1. The van der Waals surface area contributed by atoms with Gasteiger partial charge in [-0.1, -0.05) is 13.8 Å². The van der Waals surface area contributed by atoms with Crippen molar-refractivity contribution in [3.63, 3.8) is 0 Å². The SMILES string of the molecule is CC.CC(O)CN(C)C=O.CNC. The van der Waals surface area contributed by atoms with Crippen LogP contribution < -0.4 is 5.32 Å². The maximum Gasteiger partial charge on any atom is 0.209 e. The summed E-state index contributed by atoms with van der Waals surface area (Å²) in [5.41, 5.74) is 0. The van der Waals surface area contributed by atoms with E-state index in [4.69, 9.17) is 5.11 Å². The zero-order valence-corrected chi connectivity index (χ0v) is 9.66. The molecule has 4 nitrogen and oxygen atoms in total. The Morgan fingerprint density at radius 3 is 1.85 bits per heavy atom. The fourth-order valence-corrected chi connectivity index (χ4v) is 0.460. The van der Waals surface area contributed by atoms with E-state index < -0.39 is 6.10 Å². The monoisotopic (exact) mass is 192 g/mol. The summed E-state index contributed by atoms with van der Waals surface area (Å²) in [7, 11) is 5.37. The number of nitrogens with zero attached hydrogens (tertiary/aromatic N) is 1. The van der Waals surface area contributed by atoms with Crippen LogP contribution in [0.1, 0.15) is 20.8 Å². The first-order valence-corrected chi connectivity index (χ1v) is 4.50. The molecule has 0 fully saturated rings. The van der Waals surface area contributed by atoms with Crippen LogP contribution in [0.15, 0.2) is 0 Å². The molecular weight excluding hydrogens is 168 g/mol. The number of hydrogen-bond donors (Lipinski definition) is 2. The van der Waals surface area contributed by atoms with Crippen LogP contribution >= 0.6 is 0 Å². The second-order valence-corrected chi connectivity index (χ2v) is 2.39. The number of likely N-dealkylation sites (N-methyl/N-ethyl adjacent to an activating group) is 1. The van der Waals surface area contributed by atoms with Crippen LogP contribution in [0.2, 0.25) is 0 Å². The van der Waals surface area contributed by atoms with Crippen molar-refractivity contribution in [2.75, 3.05) is 27.7 Å². The summed E-state index contributed by atoms with van der Waals surface area (Å²) in [6.45, 7) is 6.05. The summed E-state index contributed by atoms with van der Waals surface area (Å²) < 4.78 is 0. The van der Waals surface area contributed by atoms with Crippen molar-refractivity contribution in [2.45, 2.75) is 26.9 Å². The van der Waals surface area contributed by atoms with E-state index in [1.165, 1.54) is 4.90 Å². The molecule has 4 heteroatoms. The molecule has 1 atom stereocenters. The minimum absolute atomic E-state index is 0.406. The van der Waals surface area contributed by atoms with Crippen molar-refractivity contribution < 1.29 is 9.90 Å². The minimum atomic E-state index is -0.426. The van der Waals surface area contributed by atoms with Crippen LogP contribution in [0.25, 0.3) is 0 Å². The highest BCUT2D eigenvalue weighted by Gasteiger charge is 1.96. The molecule has 0 aromatic heterocycles. The quantitative estimate of drug-likeness (QED) is 0.633. The highest BCUT2D eigenvalue weighted by molar-refractivity contribution is 5.46. The van der Waals surface area contributed by atoms with E-state index in [9.17, 15) is 4.79 Å². The Morgan fingerprint density at radius 1 is 1.46 bits per heavy atom. The van der Waals surface area contributed by atoms with E-state index in [0.717, 1.165) is 0 Å². The molecule has 1 unspecified atom stereocenters. The predicted octanol–water partition coefficient (Wildman–Crippen LogP) is 0.317. The minimum Gasteiger partial charge on any atom is -0.392 e. The van der Waals surface area contributed by atoms with E-state index in [0.29, 0.717) is 13.0 Å². The molecule has 13 heavy (non-hydrogen) atoms. The number of carbonyl (C=O) groups excluding carboxylic acids is 1. The molecule has 0 aromatic rings. The van der Waals surface area contributed by atoms with Gasteiger partial charge >= 0.3 is 0 Å². The van der Waals surface area contributed by atoms with E-state index in [2.05, 4.69) is 5.32 Å². The van der Waals surface area contributed by atoms with Gasteiger partial charge in [0.05, 0.1) is 6.10 Å². The smallest absolute Gasteiger partial charge is 0.209 e. The molecule has 0 bridgehead atoms. The summed E-state index contributed by atoms with van der Waals surface area (Å²) in [6.07, 6.45) is 0.261. The number of carbonyl (C=O) groups is 1. The molecule has 0 aliphatic carbocycles. The molecule has 0 rings (SSSR count). The van der Waals surface area contributed by atoms with Crippen molar-refractivity contribution in [1.29, 1.82) is 0 Å². The van der Waals surface area contributed by atoms with Gasteiger partial charge in [-0.05, 0) is 21.0 Å². The second-order valence-electron chi connectivity index (χ2n) is 2.39. The van der Waals surface area contributed by atoms with Gasteiger partial charge in [0.2, 0.25) is 6.41 Å². The van der Waals surface area contributed by atoms with Gasteiger partial charge < -0.3 is 15.3 Å². The molecule has 0 aliphatic heterocycles. The van der Waals surface area contributed by atoms with Crippen LogP contribution in [-0.2, 0) is 4.79 Å². The standard InChI is InChI=1S/C5H11NO2.C2H7N.C2H6/c1-5(8)3-6(2)4-7;1-3-2;1-2/h4-5,8H,3H2,1-2H3;3H,1-2H3;1-2H3. The molecule has 0 saturated heterocycles. The Balaban J connectivity index is -0.000000169. The van der Waals surface area contributed by atoms with E-state index in [-0.39, 0.29) is 0 Å². The summed E-state index contributed by atoms with van der Waals surface area (Å²) in [6, 6.07) is 0. The average molecular weight is 192 g/mol. The fourth-order valence-electron chi connectivity index (χ4n) is 0.460. The number of nitrogens with one attached hydrogen (secondary N) is 1. The molecule has 2 N–H and O–H groups in total. The summed E-state index contributed by atoms with van der Waals surface area (Å²) in [4.78, 5) is 11.2. The normalized spacial score (nSPS) is 9.77. The largest absolute Gasteiger partial charge is 0.392 e. The van der Waals surface area contributed by atoms with Crippen LogP contribution in [0, 0.1) is 0 Å². The predicted molar refractivity (Wildman–Crippen MR) is 56.7 cm³/mol. The van der Waals surface area contributed by atoms with E-state index in [1.54, 1.807) is 14.0 Å². The van der Waals surface area contributed by atoms with Crippen molar-refractivity contribution >= 4 is 6.41 Å². The van der Waals surface area contributed by atoms with Gasteiger partial charge in [0.1, 0.15) is 0 Å². The third kappa shape index (κ3) is 34.6. The topological polar surface area (TPSA) is 52.6 Å². The van der Waals surface area contributed by atoms with Gasteiger partial charge in [0, 0.05) is 13.6 Å². The van der Waals surface area contributed by atoms with Gasteiger partial charge in [-0.25, -0.2) is 0 Å². The zero-order valence-electron chi connectivity index (χ0n) is 9.66. The molecule has 0 aromatic carbocycles. The highest BCUT2D eigenvalue weighted by Crippen LogP contribution is 1.81. The lowest BCUT2D eigenvalue weighted by atomic mass is 10.4. The molecule has 1 amide bonds. The summed E-state index contributed by atoms with van der Waals surface area (Å²) in [5.74, 6) is 0. The maximum absolute atomic E-state index is 9.86. The Kier molecular flexibility index (Phi) is 24.5. The third-order valence-electron chi connectivity index (χ3n) is 0.732.